The Morgan fingerprint density at radius 2 is 1.83 bits per heavy atom. The summed E-state index contributed by atoms with van der Waals surface area (Å²) in [5, 5.41) is 7.95. The van der Waals surface area contributed by atoms with Gasteiger partial charge < -0.3 is 10.6 Å². The minimum Gasteiger partial charge on any atom is -0.356 e. The zero-order valence-corrected chi connectivity index (χ0v) is 19.1. The molecule has 0 saturated heterocycles. The fourth-order valence-electron chi connectivity index (χ4n) is 2.55. The summed E-state index contributed by atoms with van der Waals surface area (Å²) in [6, 6.07) is 1.12. The second-order valence-electron chi connectivity index (χ2n) is 6.17. The van der Waals surface area contributed by atoms with E-state index in [0.29, 0.717) is 12.1 Å². The maximum Gasteiger partial charge on any atom is 0.191 e. The van der Waals surface area contributed by atoms with Gasteiger partial charge in [-0.05, 0) is 34.1 Å². The number of aliphatic imine (C=N–C) groups is 1. The summed E-state index contributed by atoms with van der Waals surface area (Å²) in [6.07, 6.45) is 3.99. The fraction of sp³-hybridized carbons (Fsp3) is 0.765. The summed E-state index contributed by atoms with van der Waals surface area (Å²) in [5.41, 5.74) is 0. The molecule has 0 fully saturated rings. The number of aryl methyl sites for hydroxylation is 1. The average Bonchev–Trinajstić information content (AvgIpc) is 2.96. The lowest BCUT2D eigenvalue weighted by molar-refractivity contribution is 0.178. The van der Waals surface area contributed by atoms with E-state index in [0.717, 1.165) is 38.4 Å². The Balaban J connectivity index is 0.00000529. The molecule has 0 unspecified atom stereocenters. The van der Waals surface area contributed by atoms with Gasteiger partial charge in [0, 0.05) is 56.3 Å². The van der Waals surface area contributed by atoms with Gasteiger partial charge in [0.15, 0.2) is 5.96 Å². The van der Waals surface area contributed by atoms with Crippen molar-refractivity contribution in [2.45, 2.75) is 59.5 Å². The Bertz CT molecular complexity index is 465. The van der Waals surface area contributed by atoms with Crippen molar-refractivity contribution >= 4 is 41.3 Å². The Morgan fingerprint density at radius 1 is 1.21 bits per heavy atom. The van der Waals surface area contributed by atoms with Crippen molar-refractivity contribution in [3.63, 3.8) is 0 Å². The highest BCUT2D eigenvalue weighted by molar-refractivity contribution is 14.0. The van der Waals surface area contributed by atoms with E-state index in [1.54, 1.807) is 11.3 Å². The van der Waals surface area contributed by atoms with Crippen LogP contribution in [0.3, 0.4) is 0 Å². The number of hydrogen-bond donors (Lipinski definition) is 2. The second-order valence-corrected chi connectivity index (χ2v) is 7.37. The van der Waals surface area contributed by atoms with Crippen LogP contribution in [0.15, 0.2) is 11.2 Å². The van der Waals surface area contributed by atoms with Crippen LogP contribution in [0, 0.1) is 0 Å². The van der Waals surface area contributed by atoms with E-state index in [-0.39, 0.29) is 24.0 Å². The first-order valence-corrected chi connectivity index (χ1v) is 9.43. The SMILES string of the molecule is CCc1cnc(CCNC(=NC)NCCN(C(C)C)C(C)C)s1.I. The number of nitrogens with zero attached hydrogens (tertiary/aromatic N) is 3. The maximum atomic E-state index is 4.45. The number of hydrogen-bond acceptors (Lipinski definition) is 4. The highest BCUT2D eigenvalue weighted by Gasteiger charge is 2.12. The standard InChI is InChI=1S/C17H33N5S.HI/c1-7-15-12-21-16(23-15)8-9-19-17(18-6)20-10-11-22(13(2)3)14(4)5;/h12-14H,7-11H2,1-6H3,(H2,18,19,20);1H. The third kappa shape index (κ3) is 8.62. The van der Waals surface area contributed by atoms with E-state index in [9.17, 15) is 0 Å². The van der Waals surface area contributed by atoms with Crippen LogP contribution in [0.5, 0.6) is 0 Å². The van der Waals surface area contributed by atoms with Crippen molar-refractivity contribution in [3.05, 3.63) is 16.1 Å². The molecule has 0 amide bonds. The molecule has 7 heteroatoms. The number of thiazole rings is 1. The van der Waals surface area contributed by atoms with Gasteiger partial charge in [-0.15, -0.1) is 35.3 Å². The topological polar surface area (TPSA) is 52.6 Å². The maximum absolute atomic E-state index is 4.45. The van der Waals surface area contributed by atoms with Crippen molar-refractivity contribution in [1.29, 1.82) is 0 Å². The lowest BCUT2D eigenvalue weighted by atomic mass is 10.2. The predicted octanol–water partition coefficient (Wildman–Crippen LogP) is 3.15. The Morgan fingerprint density at radius 3 is 2.33 bits per heavy atom. The van der Waals surface area contributed by atoms with Crippen molar-refractivity contribution < 1.29 is 0 Å². The molecule has 0 atom stereocenters. The summed E-state index contributed by atoms with van der Waals surface area (Å²) in [6.45, 7) is 13.9. The van der Waals surface area contributed by atoms with Crippen LogP contribution < -0.4 is 10.6 Å². The molecule has 1 aromatic heterocycles. The normalized spacial score (nSPS) is 12.0. The summed E-state index contributed by atoms with van der Waals surface area (Å²) < 4.78 is 0. The molecule has 0 aliphatic carbocycles. The van der Waals surface area contributed by atoms with Gasteiger partial charge in [-0.1, -0.05) is 6.92 Å². The first-order valence-electron chi connectivity index (χ1n) is 8.61. The van der Waals surface area contributed by atoms with Gasteiger partial charge in [0.05, 0.1) is 5.01 Å². The number of nitrogens with one attached hydrogen (secondary N) is 2. The molecular formula is C17H34IN5S. The number of aromatic nitrogens is 1. The second kappa shape index (κ2) is 12.9. The lowest BCUT2D eigenvalue weighted by Crippen LogP contribution is -2.45. The van der Waals surface area contributed by atoms with Crippen LogP contribution in [-0.2, 0) is 12.8 Å². The van der Waals surface area contributed by atoms with Crippen molar-refractivity contribution in [1.82, 2.24) is 20.5 Å². The van der Waals surface area contributed by atoms with E-state index in [1.165, 1.54) is 9.88 Å². The number of rotatable bonds is 9. The molecule has 0 bridgehead atoms. The van der Waals surface area contributed by atoms with Gasteiger partial charge in [0.2, 0.25) is 0 Å². The van der Waals surface area contributed by atoms with E-state index in [2.05, 4.69) is 60.1 Å². The molecule has 140 valence electrons. The van der Waals surface area contributed by atoms with E-state index >= 15 is 0 Å². The average molecular weight is 467 g/mol. The first-order chi connectivity index (χ1) is 11.0. The predicted molar refractivity (Wildman–Crippen MR) is 117 cm³/mol. The van der Waals surface area contributed by atoms with Gasteiger partial charge in [-0.3, -0.25) is 9.89 Å². The van der Waals surface area contributed by atoms with Crippen LogP contribution in [0.4, 0.5) is 0 Å². The minimum atomic E-state index is 0. The molecule has 0 aliphatic rings. The van der Waals surface area contributed by atoms with Crippen molar-refractivity contribution in [2.24, 2.45) is 4.99 Å². The van der Waals surface area contributed by atoms with Gasteiger partial charge in [0.1, 0.15) is 0 Å². The van der Waals surface area contributed by atoms with Crippen molar-refractivity contribution in [3.8, 4) is 0 Å². The first kappa shape index (κ1) is 23.6. The summed E-state index contributed by atoms with van der Waals surface area (Å²) in [5.74, 6) is 0.865. The third-order valence-electron chi connectivity index (χ3n) is 3.79. The molecule has 24 heavy (non-hydrogen) atoms. The zero-order valence-electron chi connectivity index (χ0n) is 15.9. The number of guanidine groups is 1. The highest BCUT2D eigenvalue weighted by atomic mass is 127. The molecule has 0 aliphatic heterocycles. The van der Waals surface area contributed by atoms with Gasteiger partial charge >= 0.3 is 0 Å². The van der Waals surface area contributed by atoms with Crippen LogP contribution in [-0.4, -0.2) is 54.6 Å². The highest BCUT2D eigenvalue weighted by Crippen LogP contribution is 2.13. The van der Waals surface area contributed by atoms with Crippen molar-refractivity contribution in [2.75, 3.05) is 26.7 Å². The quantitative estimate of drug-likeness (QED) is 0.333. The van der Waals surface area contributed by atoms with E-state index < -0.39 is 0 Å². The number of halogens is 1. The van der Waals surface area contributed by atoms with Gasteiger partial charge in [-0.25, -0.2) is 4.98 Å². The smallest absolute Gasteiger partial charge is 0.191 e. The molecule has 0 saturated carbocycles. The Labute approximate surface area is 168 Å². The fourth-order valence-corrected chi connectivity index (χ4v) is 3.41. The summed E-state index contributed by atoms with van der Waals surface area (Å²) >= 11 is 1.80. The summed E-state index contributed by atoms with van der Waals surface area (Å²) in [4.78, 5) is 12.6. The molecule has 0 aromatic carbocycles. The largest absolute Gasteiger partial charge is 0.356 e. The van der Waals surface area contributed by atoms with Crippen LogP contribution in [0.1, 0.15) is 44.5 Å². The van der Waals surface area contributed by atoms with Crippen LogP contribution in [0.25, 0.3) is 0 Å². The minimum absolute atomic E-state index is 0. The molecule has 2 N–H and O–H groups in total. The van der Waals surface area contributed by atoms with Crippen LogP contribution >= 0.6 is 35.3 Å². The summed E-state index contributed by atoms with van der Waals surface area (Å²) in [7, 11) is 1.82. The van der Waals surface area contributed by atoms with E-state index in [1.807, 2.05) is 13.2 Å². The van der Waals surface area contributed by atoms with E-state index in [4.69, 9.17) is 0 Å². The molecular weight excluding hydrogens is 433 g/mol. The molecule has 1 aromatic rings. The Kier molecular flexibility index (Phi) is 12.7. The molecule has 1 heterocycles. The monoisotopic (exact) mass is 467 g/mol. The third-order valence-corrected chi connectivity index (χ3v) is 5.00. The molecule has 5 nitrogen and oxygen atoms in total. The zero-order chi connectivity index (χ0) is 17.2. The molecule has 0 spiro atoms. The molecule has 0 radical (unpaired) electrons. The molecule has 1 rings (SSSR count). The Hall–Kier alpha value is -0.410. The van der Waals surface area contributed by atoms with Crippen LogP contribution in [0.2, 0.25) is 0 Å². The lowest BCUT2D eigenvalue weighted by Gasteiger charge is -2.30. The van der Waals surface area contributed by atoms with Gasteiger partial charge in [-0.2, -0.15) is 0 Å². The van der Waals surface area contributed by atoms with Gasteiger partial charge in [0.25, 0.3) is 0 Å².